The number of carbonyl (C=O) groups is 1. The van der Waals surface area contributed by atoms with Crippen LogP contribution in [-0.2, 0) is 4.79 Å². The van der Waals surface area contributed by atoms with Crippen LogP contribution in [0.25, 0.3) is 0 Å². The lowest BCUT2D eigenvalue weighted by atomic mass is 10.1. The van der Waals surface area contributed by atoms with Gasteiger partial charge in [-0.15, -0.1) is 0 Å². The number of phenolic OH excluding ortho intramolecular Hbond substituents is 2. The van der Waals surface area contributed by atoms with Gasteiger partial charge in [0.25, 0.3) is 0 Å². The van der Waals surface area contributed by atoms with Crippen molar-refractivity contribution in [3.05, 3.63) is 53.6 Å². The third-order valence-corrected chi connectivity index (χ3v) is 2.37. The van der Waals surface area contributed by atoms with Crippen molar-refractivity contribution in [3.8, 4) is 29.1 Å². The molecule has 2 aromatic carbocycles. The summed E-state index contributed by atoms with van der Waals surface area (Å²) in [4.78, 5) is 10.8. The zero-order valence-electron chi connectivity index (χ0n) is 10.8. The first-order valence-corrected chi connectivity index (χ1v) is 5.86. The van der Waals surface area contributed by atoms with Crippen molar-refractivity contribution in [2.45, 2.75) is 6.92 Å². The number of benzene rings is 2. The van der Waals surface area contributed by atoms with Gasteiger partial charge in [-0.3, -0.25) is 4.79 Å². The molecule has 0 atom stereocenters. The standard InChI is InChI=1S/C16H12O4/c1-11(17)20-16-6-4-12(5-7-16)2-3-13-8-14(18)10-15(19)9-13/h4-10,18-19H,1H3. The Hall–Kier alpha value is -2.93. The van der Waals surface area contributed by atoms with Gasteiger partial charge < -0.3 is 14.9 Å². The highest BCUT2D eigenvalue weighted by atomic mass is 16.5. The molecule has 0 bridgehead atoms. The molecule has 0 radical (unpaired) electrons. The number of rotatable bonds is 1. The van der Waals surface area contributed by atoms with Crippen LogP contribution in [0.1, 0.15) is 18.1 Å². The molecule has 4 heteroatoms. The molecule has 20 heavy (non-hydrogen) atoms. The van der Waals surface area contributed by atoms with E-state index in [0.29, 0.717) is 11.3 Å². The number of carbonyl (C=O) groups excluding carboxylic acids is 1. The average molecular weight is 268 g/mol. The first kappa shape index (κ1) is 13.5. The van der Waals surface area contributed by atoms with E-state index in [-0.39, 0.29) is 17.5 Å². The minimum atomic E-state index is -0.376. The fourth-order valence-corrected chi connectivity index (χ4v) is 1.58. The molecule has 0 spiro atoms. The van der Waals surface area contributed by atoms with Gasteiger partial charge in [0.15, 0.2) is 0 Å². The van der Waals surface area contributed by atoms with Crippen molar-refractivity contribution in [2.24, 2.45) is 0 Å². The Labute approximate surface area is 116 Å². The Bertz CT molecular complexity index is 670. The van der Waals surface area contributed by atoms with E-state index in [1.807, 2.05) is 0 Å². The fraction of sp³-hybridized carbons (Fsp3) is 0.0625. The quantitative estimate of drug-likeness (QED) is 0.473. The number of phenols is 2. The monoisotopic (exact) mass is 268 g/mol. The van der Waals surface area contributed by atoms with Crippen LogP contribution in [0, 0.1) is 11.8 Å². The summed E-state index contributed by atoms with van der Waals surface area (Å²) in [6.07, 6.45) is 0. The molecule has 0 aliphatic carbocycles. The van der Waals surface area contributed by atoms with Crippen LogP contribution in [0.4, 0.5) is 0 Å². The number of hydrogen-bond donors (Lipinski definition) is 2. The first-order chi connectivity index (χ1) is 9.52. The topological polar surface area (TPSA) is 66.8 Å². The summed E-state index contributed by atoms with van der Waals surface area (Å²) in [6.45, 7) is 1.34. The minimum Gasteiger partial charge on any atom is -0.508 e. The van der Waals surface area contributed by atoms with E-state index < -0.39 is 0 Å². The molecule has 2 aromatic rings. The molecule has 4 nitrogen and oxygen atoms in total. The summed E-state index contributed by atoms with van der Waals surface area (Å²) in [5.74, 6) is 5.70. The van der Waals surface area contributed by atoms with E-state index in [0.717, 1.165) is 5.56 Å². The Morgan fingerprint density at radius 3 is 2.05 bits per heavy atom. The van der Waals surface area contributed by atoms with Gasteiger partial charge in [-0.2, -0.15) is 0 Å². The van der Waals surface area contributed by atoms with Crippen LogP contribution < -0.4 is 4.74 Å². The van der Waals surface area contributed by atoms with Crippen molar-refractivity contribution in [1.29, 1.82) is 0 Å². The van der Waals surface area contributed by atoms with Crippen molar-refractivity contribution in [2.75, 3.05) is 0 Å². The molecule has 0 aliphatic rings. The van der Waals surface area contributed by atoms with Crippen LogP contribution in [0.2, 0.25) is 0 Å². The van der Waals surface area contributed by atoms with Crippen LogP contribution in [0.15, 0.2) is 42.5 Å². The van der Waals surface area contributed by atoms with E-state index in [1.165, 1.54) is 25.1 Å². The second-order valence-corrected chi connectivity index (χ2v) is 4.11. The predicted octanol–water partition coefficient (Wildman–Crippen LogP) is 2.42. The summed E-state index contributed by atoms with van der Waals surface area (Å²) in [6, 6.07) is 10.9. The molecule has 0 heterocycles. The van der Waals surface area contributed by atoms with Gasteiger partial charge in [0.2, 0.25) is 0 Å². The molecule has 0 unspecified atom stereocenters. The molecule has 0 aliphatic heterocycles. The van der Waals surface area contributed by atoms with Gasteiger partial charge in [0.1, 0.15) is 17.2 Å². The minimum absolute atomic E-state index is 0.0421. The SMILES string of the molecule is CC(=O)Oc1ccc(C#Cc2cc(O)cc(O)c2)cc1. The van der Waals surface area contributed by atoms with Gasteiger partial charge in [-0.25, -0.2) is 0 Å². The maximum atomic E-state index is 10.8. The van der Waals surface area contributed by atoms with Gasteiger partial charge in [-0.1, -0.05) is 11.8 Å². The second kappa shape index (κ2) is 5.81. The summed E-state index contributed by atoms with van der Waals surface area (Å²) in [7, 11) is 0. The highest BCUT2D eigenvalue weighted by Crippen LogP contribution is 2.19. The van der Waals surface area contributed by atoms with Gasteiger partial charge >= 0.3 is 5.97 Å². The Balaban J connectivity index is 2.18. The maximum Gasteiger partial charge on any atom is 0.308 e. The van der Waals surface area contributed by atoms with Gasteiger partial charge in [0, 0.05) is 24.1 Å². The van der Waals surface area contributed by atoms with E-state index in [9.17, 15) is 15.0 Å². The molecular weight excluding hydrogens is 256 g/mol. The van der Waals surface area contributed by atoms with Crippen molar-refractivity contribution >= 4 is 5.97 Å². The van der Waals surface area contributed by atoms with E-state index >= 15 is 0 Å². The van der Waals surface area contributed by atoms with Crippen molar-refractivity contribution in [1.82, 2.24) is 0 Å². The van der Waals surface area contributed by atoms with Crippen molar-refractivity contribution in [3.63, 3.8) is 0 Å². The van der Waals surface area contributed by atoms with Crippen LogP contribution in [0.5, 0.6) is 17.2 Å². The van der Waals surface area contributed by atoms with Gasteiger partial charge in [0.05, 0.1) is 0 Å². The number of aromatic hydroxyl groups is 2. The third-order valence-electron chi connectivity index (χ3n) is 2.37. The highest BCUT2D eigenvalue weighted by Gasteiger charge is 1.98. The number of hydrogen-bond acceptors (Lipinski definition) is 4. The number of ether oxygens (including phenoxy) is 1. The molecule has 0 aromatic heterocycles. The lowest BCUT2D eigenvalue weighted by Gasteiger charge is -1.99. The summed E-state index contributed by atoms with van der Waals surface area (Å²) < 4.78 is 4.91. The van der Waals surface area contributed by atoms with Crippen molar-refractivity contribution < 1.29 is 19.7 Å². The third kappa shape index (κ3) is 3.79. The zero-order chi connectivity index (χ0) is 14.5. The normalized spacial score (nSPS) is 9.45. The lowest BCUT2D eigenvalue weighted by Crippen LogP contribution is -2.00. The highest BCUT2D eigenvalue weighted by molar-refractivity contribution is 5.69. The summed E-state index contributed by atoms with van der Waals surface area (Å²) in [5.41, 5.74) is 1.23. The predicted molar refractivity (Wildman–Crippen MR) is 73.5 cm³/mol. The largest absolute Gasteiger partial charge is 0.508 e. The first-order valence-electron chi connectivity index (χ1n) is 5.86. The fourth-order valence-electron chi connectivity index (χ4n) is 1.58. The second-order valence-electron chi connectivity index (χ2n) is 4.11. The van der Waals surface area contributed by atoms with E-state index in [2.05, 4.69) is 11.8 Å². The lowest BCUT2D eigenvalue weighted by molar-refractivity contribution is -0.131. The van der Waals surface area contributed by atoms with Crippen LogP contribution in [-0.4, -0.2) is 16.2 Å². The van der Waals surface area contributed by atoms with Crippen LogP contribution >= 0.6 is 0 Å². The average Bonchev–Trinajstić information content (AvgIpc) is 2.36. The zero-order valence-corrected chi connectivity index (χ0v) is 10.8. The molecular formula is C16H12O4. The molecule has 0 fully saturated rings. The maximum absolute atomic E-state index is 10.8. The smallest absolute Gasteiger partial charge is 0.308 e. The van der Waals surface area contributed by atoms with E-state index in [1.54, 1.807) is 24.3 Å². The van der Waals surface area contributed by atoms with Crippen LogP contribution in [0.3, 0.4) is 0 Å². The molecule has 2 rings (SSSR count). The number of esters is 1. The molecule has 0 saturated heterocycles. The molecule has 2 N–H and O–H groups in total. The molecule has 0 amide bonds. The molecule has 100 valence electrons. The summed E-state index contributed by atoms with van der Waals surface area (Å²) in [5, 5.41) is 18.7. The van der Waals surface area contributed by atoms with Gasteiger partial charge in [-0.05, 0) is 36.4 Å². The Morgan fingerprint density at radius 2 is 1.50 bits per heavy atom. The Kier molecular flexibility index (Phi) is 3.92. The van der Waals surface area contributed by atoms with E-state index in [4.69, 9.17) is 4.74 Å². The Morgan fingerprint density at radius 1 is 0.950 bits per heavy atom. The molecule has 0 saturated carbocycles. The summed E-state index contributed by atoms with van der Waals surface area (Å²) >= 11 is 0.